The van der Waals surface area contributed by atoms with Crippen molar-refractivity contribution < 1.29 is 13.3 Å². The van der Waals surface area contributed by atoms with E-state index in [0.29, 0.717) is 13.0 Å². The molecule has 2 N–H and O–H groups in total. The summed E-state index contributed by atoms with van der Waals surface area (Å²) in [6.07, 6.45) is 2.23. The van der Waals surface area contributed by atoms with E-state index in [0.717, 1.165) is 12.8 Å². The number of nitro benzene ring substituents is 1. The number of hydrogen-bond donors (Lipinski definition) is 1. The number of sulfonamides is 1. The fraction of sp³-hybridized carbons (Fsp3) is 0.538. The molecule has 0 radical (unpaired) electrons. The van der Waals surface area contributed by atoms with Crippen molar-refractivity contribution in [2.24, 2.45) is 5.73 Å². The molecule has 1 aromatic carbocycles. The number of nitrogens with zero attached hydrogens (tertiary/aromatic N) is 2. The van der Waals surface area contributed by atoms with Gasteiger partial charge in [-0.1, -0.05) is 6.92 Å². The molecular formula is C13H19N3O4S. The van der Waals surface area contributed by atoms with E-state index in [1.807, 2.05) is 6.92 Å². The van der Waals surface area contributed by atoms with Crippen LogP contribution in [0.5, 0.6) is 0 Å². The normalized spacial score (nSPS) is 23.9. The SMILES string of the molecule is CCC1(N)CCCN(S(=O)(=O)c2ccc([N+](=O)[O-])cc2)C1. The number of benzene rings is 1. The molecule has 1 unspecified atom stereocenters. The topological polar surface area (TPSA) is 107 Å². The van der Waals surface area contributed by atoms with E-state index in [-0.39, 0.29) is 17.1 Å². The summed E-state index contributed by atoms with van der Waals surface area (Å²) in [5, 5.41) is 10.6. The van der Waals surface area contributed by atoms with Gasteiger partial charge in [0.25, 0.3) is 5.69 Å². The third kappa shape index (κ3) is 3.22. The first-order valence-electron chi connectivity index (χ1n) is 6.82. The zero-order valence-corrected chi connectivity index (χ0v) is 12.7. The Morgan fingerprint density at radius 1 is 1.38 bits per heavy atom. The van der Waals surface area contributed by atoms with Crippen LogP contribution in [0, 0.1) is 10.1 Å². The van der Waals surface area contributed by atoms with Crippen LogP contribution in [-0.4, -0.2) is 36.3 Å². The summed E-state index contributed by atoms with van der Waals surface area (Å²) in [4.78, 5) is 10.1. The molecule has 116 valence electrons. The zero-order valence-electron chi connectivity index (χ0n) is 11.9. The number of rotatable bonds is 4. The van der Waals surface area contributed by atoms with Crippen molar-refractivity contribution in [3.63, 3.8) is 0 Å². The Morgan fingerprint density at radius 2 is 2.00 bits per heavy atom. The molecule has 1 atom stereocenters. The number of nitrogens with two attached hydrogens (primary N) is 1. The van der Waals surface area contributed by atoms with Gasteiger partial charge < -0.3 is 5.73 Å². The van der Waals surface area contributed by atoms with Gasteiger partial charge in [-0.05, 0) is 31.4 Å². The van der Waals surface area contributed by atoms with Gasteiger partial charge in [0.15, 0.2) is 0 Å². The Balaban J connectivity index is 2.27. The van der Waals surface area contributed by atoms with Crippen LogP contribution in [0.1, 0.15) is 26.2 Å². The maximum Gasteiger partial charge on any atom is 0.269 e. The summed E-state index contributed by atoms with van der Waals surface area (Å²) in [6.45, 7) is 2.66. The lowest BCUT2D eigenvalue weighted by Gasteiger charge is -2.38. The maximum atomic E-state index is 12.6. The van der Waals surface area contributed by atoms with Crippen LogP contribution in [0.2, 0.25) is 0 Å². The summed E-state index contributed by atoms with van der Waals surface area (Å²) in [5.74, 6) is 0. The highest BCUT2D eigenvalue weighted by molar-refractivity contribution is 7.89. The molecule has 0 amide bonds. The van der Waals surface area contributed by atoms with Crippen molar-refractivity contribution in [2.75, 3.05) is 13.1 Å². The fourth-order valence-corrected chi connectivity index (χ4v) is 4.07. The van der Waals surface area contributed by atoms with Crippen molar-refractivity contribution in [3.8, 4) is 0 Å². The van der Waals surface area contributed by atoms with Gasteiger partial charge in [0.1, 0.15) is 0 Å². The minimum Gasteiger partial charge on any atom is -0.324 e. The quantitative estimate of drug-likeness (QED) is 0.669. The number of piperidine rings is 1. The number of nitro groups is 1. The van der Waals surface area contributed by atoms with Gasteiger partial charge in [0.05, 0.1) is 9.82 Å². The Labute approximate surface area is 123 Å². The van der Waals surface area contributed by atoms with Crippen molar-refractivity contribution in [3.05, 3.63) is 34.4 Å². The van der Waals surface area contributed by atoms with Crippen molar-refractivity contribution in [2.45, 2.75) is 36.6 Å². The first kappa shape index (κ1) is 15.9. The average Bonchev–Trinajstić information content (AvgIpc) is 2.47. The minimum atomic E-state index is -3.65. The van der Waals surface area contributed by atoms with Crippen molar-refractivity contribution in [1.29, 1.82) is 0 Å². The molecule has 1 aliphatic heterocycles. The monoisotopic (exact) mass is 313 g/mol. The molecule has 0 spiro atoms. The first-order valence-corrected chi connectivity index (χ1v) is 8.26. The van der Waals surface area contributed by atoms with Crippen LogP contribution < -0.4 is 5.73 Å². The highest BCUT2D eigenvalue weighted by atomic mass is 32.2. The molecule has 21 heavy (non-hydrogen) atoms. The summed E-state index contributed by atoms with van der Waals surface area (Å²) in [6, 6.07) is 4.94. The predicted octanol–water partition coefficient (Wildman–Crippen LogP) is 1.49. The molecule has 1 fully saturated rings. The summed E-state index contributed by atoms with van der Waals surface area (Å²) in [5.41, 5.74) is 5.57. The molecule has 1 saturated heterocycles. The van der Waals surface area contributed by atoms with Gasteiger partial charge in [-0.25, -0.2) is 8.42 Å². The lowest BCUT2D eigenvalue weighted by Crippen LogP contribution is -2.55. The molecule has 0 aromatic heterocycles. The van der Waals surface area contributed by atoms with Crippen molar-refractivity contribution >= 4 is 15.7 Å². The van der Waals surface area contributed by atoms with E-state index >= 15 is 0 Å². The van der Waals surface area contributed by atoms with Crippen LogP contribution in [0.15, 0.2) is 29.2 Å². The molecule has 8 heteroatoms. The van der Waals surface area contributed by atoms with E-state index in [9.17, 15) is 18.5 Å². The van der Waals surface area contributed by atoms with Gasteiger partial charge in [-0.3, -0.25) is 10.1 Å². The van der Waals surface area contributed by atoms with Crippen molar-refractivity contribution in [1.82, 2.24) is 4.31 Å². The van der Waals surface area contributed by atoms with E-state index in [4.69, 9.17) is 5.73 Å². The lowest BCUT2D eigenvalue weighted by atomic mass is 9.89. The van der Waals surface area contributed by atoms with Crippen LogP contribution in [0.4, 0.5) is 5.69 Å². The molecule has 1 aliphatic rings. The highest BCUT2D eigenvalue weighted by Crippen LogP contribution is 2.27. The van der Waals surface area contributed by atoms with E-state index in [1.165, 1.54) is 28.6 Å². The van der Waals surface area contributed by atoms with Gasteiger partial charge in [-0.15, -0.1) is 0 Å². The summed E-state index contributed by atoms with van der Waals surface area (Å²) in [7, 11) is -3.65. The second-order valence-electron chi connectivity index (χ2n) is 5.41. The lowest BCUT2D eigenvalue weighted by molar-refractivity contribution is -0.384. The fourth-order valence-electron chi connectivity index (χ4n) is 2.50. The van der Waals surface area contributed by atoms with Crippen LogP contribution in [0.3, 0.4) is 0 Å². The van der Waals surface area contributed by atoms with Gasteiger partial charge in [0, 0.05) is 30.8 Å². The predicted molar refractivity (Wildman–Crippen MR) is 78.3 cm³/mol. The molecule has 2 rings (SSSR count). The highest BCUT2D eigenvalue weighted by Gasteiger charge is 2.36. The third-order valence-electron chi connectivity index (χ3n) is 3.96. The number of non-ortho nitro benzene ring substituents is 1. The Hall–Kier alpha value is -1.51. The Bertz CT molecular complexity index is 629. The zero-order chi connectivity index (χ0) is 15.7. The second-order valence-corrected chi connectivity index (χ2v) is 7.35. The molecule has 7 nitrogen and oxygen atoms in total. The van der Waals surface area contributed by atoms with Crippen LogP contribution in [-0.2, 0) is 10.0 Å². The Morgan fingerprint density at radius 3 is 2.52 bits per heavy atom. The van der Waals surface area contributed by atoms with E-state index in [1.54, 1.807) is 0 Å². The molecule has 0 aliphatic carbocycles. The third-order valence-corrected chi connectivity index (χ3v) is 5.82. The maximum absolute atomic E-state index is 12.6. The minimum absolute atomic E-state index is 0.0634. The van der Waals surface area contributed by atoms with Crippen LogP contribution in [0.25, 0.3) is 0 Å². The van der Waals surface area contributed by atoms with Gasteiger partial charge in [0.2, 0.25) is 10.0 Å². The molecule has 1 heterocycles. The molecule has 0 saturated carbocycles. The van der Waals surface area contributed by atoms with Crippen LogP contribution >= 0.6 is 0 Å². The Kier molecular flexibility index (Phi) is 4.31. The van der Waals surface area contributed by atoms with E-state index in [2.05, 4.69) is 0 Å². The average molecular weight is 313 g/mol. The molecule has 0 bridgehead atoms. The van der Waals surface area contributed by atoms with Gasteiger partial charge in [-0.2, -0.15) is 4.31 Å². The standard InChI is InChI=1S/C13H19N3O4S/c1-2-13(14)8-3-9-15(10-13)21(19,20)12-6-4-11(5-7-12)16(17)18/h4-7H,2-3,8-10,14H2,1H3. The summed E-state index contributed by atoms with van der Waals surface area (Å²) >= 11 is 0. The largest absolute Gasteiger partial charge is 0.324 e. The summed E-state index contributed by atoms with van der Waals surface area (Å²) < 4.78 is 26.5. The molecular weight excluding hydrogens is 294 g/mol. The molecule has 1 aromatic rings. The second kappa shape index (κ2) is 5.70. The van der Waals surface area contributed by atoms with E-state index < -0.39 is 20.5 Å². The first-order chi connectivity index (χ1) is 9.78. The number of hydrogen-bond acceptors (Lipinski definition) is 5. The van der Waals surface area contributed by atoms with Gasteiger partial charge >= 0.3 is 0 Å². The smallest absolute Gasteiger partial charge is 0.269 e.